The molecule has 3 nitrogen and oxygen atoms in total. The molecule has 0 aliphatic rings. The maximum Gasteiger partial charge on any atom is 0.331 e. The lowest BCUT2D eigenvalue weighted by Crippen LogP contribution is -2.44. The average molecular weight is 295 g/mol. The van der Waals surface area contributed by atoms with Crippen LogP contribution in [0.1, 0.15) is 51.5 Å². The quantitative estimate of drug-likeness (QED) is 0.569. The van der Waals surface area contributed by atoms with Gasteiger partial charge in [0.15, 0.2) is 0 Å². The van der Waals surface area contributed by atoms with Crippen LogP contribution in [0.2, 0.25) is 0 Å². The van der Waals surface area contributed by atoms with E-state index in [1.807, 2.05) is 19.9 Å². The minimum Gasteiger partial charge on any atom is -0.467 e. The molecule has 21 heavy (non-hydrogen) atoms. The summed E-state index contributed by atoms with van der Waals surface area (Å²) in [6.07, 6.45) is 4.96. The third-order valence-corrected chi connectivity index (χ3v) is 3.63. The molecule has 1 aromatic rings. The molecule has 1 N–H and O–H groups in total. The van der Waals surface area contributed by atoms with E-state index in [9.17, 15) is 9.18 Å². The largest absolute Gasteiger partial charge is 0.467 e. The summed E-state index contributed by atoms with van der Waals surface area (Å²) in [6, 6.07) is 4.69. The zero-order valence-electron chi connectivity index (χ0n) is 13.5. The SMILES string of the molecule is CCCCCCC(C)(Nc1cc(C)cc(F)c1)C(=O)OC. The number of esters is 1. The van der Waals surface area contributed by atoms with Crippen molar-refractivity contribution in [3.05, 3.63) is 29.6 Å². The minimum absolute atomic E-state index is 0.310. The Morgan fingerprint density at radius 2 is 2.00 bits per heavy atom. The molecule has 118 valence electrons. The van der Waals surface area contributed by atoms with Crippen molar-refractivity contribution in [3.8, 4) is 0 Å². The van der Waals surface area contributed by atoms with Gasteiger partial charge in [0.2, 0.25) is 0 Å². The lowest BCUT2D eigenvalue weighted by Gasteiger charge is -2.29. The van der Waals surface area contributed by atoms with E-state index in [1.54, 1.807) is 0 Å². The Labute approximate surface area is 126 Å². The Morgan fingerprint density at radius 3 is 2.57 bits per heavy atom. The summed E-state index contributed by atoms with van der Waals surface area (Å²) in [5, 5.41) is 3.15. The Morgan fingerprint density at radius 1 is 1.29 bits per heavy atom. The third-order valence-electron chi connectivity index (χ3n) is 3.63. The number of halogens is 1. The number of methoxy groups -OCH3 is 1. The van der Waals surface area contributed by atoms with Crippen LogP contribution >= 0.6 is 0 Å². The number of benzene rings is 1. The molecule has 4 heteroatoms. The number of rotatable bonds is 8. The van der Waals surface area contributed by atoms with E-state index < -0.39 is 5.54 Å². The van der Waals surface area contributed by atoms with E-state index in [-0.39, 0.29) is 11.8 Å². The van der Waals surface area contributed by atoms with Crippen molar-refractivity contribution in [1.29, 1.82) is 0 Å². The van der Waals surface area contributed by atoms with Crippen molar-refractivity contribution in [1.82, 2.24) is 0 Å². The van der Waals surface area contributed by atoms with E-state index in [2.05, 4.69) is 12.2 Å². The number of carbonyl (C=O) groups excluding carboxylic acids is 1. The number of hydrogen-bond acceptors (Lipinski definition) is 3. The van der Waals surface area contributed by atoms with Crippen LogP contribution < -0.4 is 5.32 Å². The molecule has 1 rings (SSSR count). The molecule has 0 fully saturated rings. The summed E-state index contributed by atoms with van der Waals surface area (Å²) in [5.74, 6) is -0.628. The molecular weight excluding hydrogens is 269 g/mol. The second-order valence-corrected chi connectivity index (χ2v) is 5.78. The van der Waals surface area contributed by atoms with Crippen molar-refractivity contribution < 1.29 is 13.9 Å². The lowest BCUT2D eigenvalue weighted by atomic mass is 9.93. The van der Waals surface area contributed by atoms with Gasteiger partial charge < -0.3 is 10.1 Å². The van der Waals surface area contributed by atoms with Crippen molar-refractivity contribution in [2.75, 3.05) is 12.4 Å². The Kier molecular flexibility index (Phi) is 6.66. The first kappa shape index (κ1) is 17.5. The maximum absolute atomic E-state index is 13.5. The molecule has 0 amide bonds. The number of aryl methyl sites for hydroxylation is 1. The zero-order chi connectivity index (χ0) is 15.9. The predicted octanol–water partition coefficient (Wildman–Crippen LogP) is 4.45. The number of carbonyl (C=O) groups is 1. The molecule has 1 unspecified atom stereocenters. The highest BCUT2D eigenvalue weighted by Crippen LogP contribution is 2.24. The first-order valence-corrected chi connectivity index (χ1v) is 7.55. The second kappa shape index (κ2) is 8.01. The molecule has 1 atom stereocenters. The molecule has 0 aromatic heterocycles. The minimum atomic E-state index is -0.831. The van der Waals surface area contributed by atoms with Crippen LogP contribution in [0.5, 0.6) is 0 Å². The van der Waals surface area contributed by atoms with E-state index in [1.165, 1.54) is 19.2 Å². The van der Waals surface area contributed by atoms with Crippen LogP contribution in [-0.2, 0) is 9.53 Å². The Bertz CT molecular complexity index is 456. The van der Waals surface area contributed by atoms with Crippen LogP contribution in [-0.4, -0.2) is 18.6 Å². The van der Waals surface area contributed by atoms with Crippen LogP contribution in [0, 0.1) is 12.7 Å². The highest BCUT2D eigenvalue weighted by Gasteiger charge is 2.33. The molecule has 0 saturated carbocycles. The maximum atomic E-state index is 13.5. The molecule has 0 bridgehead atoms. The summed E-state index contributed by atoms with van der Waals surface area (Å²) in [4.78, 5) is 12.1. The van der Waals surface area contributed by atoms with E-state index >= 15 is 0 Å². The fourth-order valence-corrected chi connectivity index (χ4v) is 2.47. The predicted molar refractivity (Wildman–Crippen MR) is 83.9 cm³/mol. The Balaban J connectivity index is 2.83. The van der Waals surface area contributed by atoms with Crippen molar-refractivity contribution in [3.63, 3.8) is 0 Å². The van der Waals surface area contributed by atoms with Gasteiger partial charge in [-0.15, -0.1) is 0 Å². The average Bonchev–Trinajstić information content (AvgIpc) is 2.41. The molecule has 0 heterocycles. The van der Waals surface area contributed by atoms with Crippen molar-refractivity contribution in [2.24, 2.45) is 0 Å². The highest BCUT2D eigenvalue weighted by molar-refractivity contribution is 5.84. The van der Waals surface area contributed by atoms with Crippen LogP contribution in [0.15, 0.2) is 18.2 Å². The van der Waals surface area contributed by atoms with Crippen LogP contribution in [0.3, 0.4) is 0 Å². The molecule has 1 aromatic carbocycles. The normalized spacial score (nSPS) is 13.6. The fraction of sp³-hybridized carbons (Fsp3) is 0.588. The third kappa shape index (κ3) is 5.37. The fourth-order valence-electron chi connectivity index (χ4n) is 2.47. The van der Waals surface area contributed by atoms with Gasteiger partial charge in [0.05, 0.1) is 7.11 Å². The zero-order valence-corrected chi connectivity index (χ0v) is 13.5. The number of unbranched alkanes of at least 4 members (excludes halogenated alkanes) is 3. The van der Waals surface area contributed by atoms with Crippen molar-refractivity contribution >= 4 is 11.7 Å². The van der Waals surface area contributed by atoms with Crippen LogP contribution in [0.4, 0.5) is 10.1 Å². The molecule has 0 aliphatic carbocycles. The summed E-state index contributed by atoms with van der Waals surface area (Å²) in [6.45, 7) is 5.78. The first-order chi connectivity index (χ1) is 9.91. The van der Waals surface area contributed by atoms with Gasteiger partial charge in [-0.05, 0) is 44.0 Å². The molecule has 0 saturated heterocycles. The van der Waals surface area contributed by atoms with Gasteiger partial charge in [-0.25, -0.2) is 9.18 Å². The van der Waals surface area contributed by atoms with Gasteiger partial charge in [0, 0.05) is 5.69 Å². The van der Waals surface area contributed by atoms with Gasteiger partial charge in [0.1, 0.15) is 11.4 Å². The van der Waals surface area contributed by atoms with Crippen LogP contribution in [0.25, 0.3) is 0 Å². The molecule has 0 radical (unpaired) electrons. The first-order valence-electron chi connectivity index (χ1n) is 7.55. The topological polar surface area (TPSA) is 38.3 Å². The van der Waals surface area contributed by atoms with Gasteiger partial charge in [-0.2, -0.15) is 0 Å². The number of anilines is 1. The Hall–Kier alpha value is -1.58. The number of hydrogen-bond donors (Lipinski definition) is 1. The van der Waals surface area contributed by atoms with Gasteiger partial charge >= 0.3 is 5.97 Å². The standard InChI is InChI=1S/C17H26FNO2/c1-5-6-7-8-9-17(3,16(20)21-4)19-15-11-13(2)10-14(18)12-15/h10-12,19H,5-9H2,1-4H3. The molecule has 0 aliphatic heterocycles. The van der Waals surface area contributed by atoms with Crippen molar-refractivity contribution in [2.45, 2.75) is 58.4 Å². The highest BCUT2D eigenvalue weighted by atomic mass is 19.1. The van der Waals surface area contributed by atoms with Gasteiger partial charge in [-0.1, -0.05) is 32.6 Å². The summed E-state index contributed by atoms with van der Waals surface area (Å²) < 4.78 is 18.4. The van der Waals surface area contributed by atoms with E-state index in [0.717, 1.165) is 31.2 Å². The van der Waals surface area contributed by atoms with Gasteiger partial charge in [0.25, 0.3) is 0 Å². The molecular formula is C17H26FNO2. The lowest BCUT2D eigenvalue weighted by molar-refractivity contribution is -0.145. The number of nitrogens with one attached hydrogen (secondary N) is 1. The summed E-state index contributed by atoms with van der Waals surface area (Å²) >= 11 is 0. The molecule has 0 spiro atoms. The number of ether oxygens (including phenoxy) is 1. The monoisotopic (exact) mass is 295 g/mol. The van der Waals surface area contributed by atoms with Gasteiger partial charge in [-0.3, -0.25) is 0 Å². The summed E-state index contributed by atoms with van der Waals surface area (Å²) in [7, 11) is 1.38. The van der Waals surface area contributed by atoms with E-state index in [4.69, 9.17) is 4.74 Å². The summed E-state index contributed by atoms with van der Waals surface area (Å²) in [5.41, 5.74) is 0.592. The second-order valence-electron chi connectivity index (χ2n) is 5.78. The van der Waals surface area contributed by atoms with E-state index in [0.29, 0.717) is 12.1 Å². The smallest absolute Gasteiger partial charge is 0.331 e.